The van der Waals surface area contributed by atoms with Gasteiger partial charge in [-0.05, 0) is 61.3 Å². The van der Waals surface area contributed by atoms with Gasteiger partial charge in [0.15, 0.2) is 0 Å². The van der Waals surface area contributed by atoms with Gasteiger partial charge in [0.25, 0.3) is 0 Å². The monoisotopic (exact) mass is 477 g/mol. The van der Waals surface area contributed by atoms with E-state index in [1.54, 1.807) is 13.2 Å². The van der Waals surface area contributed by atoms with Gasteiger partial charge in [0.2, 0.25) is 5.75 Å². The Labute approximate surface area is 205 Å². The van der Waals surface area contributed by atoms with Crippen molar-refractivity contribution >= 4 is 11.4 Å². The molecule has 1 saturated heterocycles. The highest BCUT2D eigenvalue weighted by molar-refractivity contribution is 5.79. The number of nitro groups is 1. The van der Waals surface area contributed by atoms with Gasteiger partial charge in [0.1, 0.15) is 24.7 Å². The molecule has 0 atom stereocenters. The predicted octanol–water partition coefficient (Wildman–Crippen LogP) is 5.30. The van der Waals surface area contributed by atoms with E-state index < -0.39 is 4.92 Å². The topological polar surface area (TPSA) is 100 Å². The average Bonchev–Trinajstić information content (AvgIpc) is 2.89. The molecule has 0 bridgehead atoms. The van der Waals surface area contributed by atoms with Crippen LogP contribution in [0.3, 0.4) is 0 Å². The molecule has 0 unspecified atom stereocenters. The number of anilines is 1. The number of rotatable bonds is 10. The van der Waals surface area contributed by atoms with Gasteiger partial charge >= 0.3 is 5.69 Å². The average molecular weight is 478 g/mol. The first kappa shape index (κ1) is 24.3. The van der Waals surface area contributed by atoms with Crippen molar-refractivity contribution in [1.82, 2.24) is 4.90 Å². The zero-order valence-electron chi connectivity index (χ0n) is 19.9. The van der Waals surface area contributed by atoms with Crippen molar-refractivity contribution in [2.24, 2.45) is 0 Å². The second-order valence-corrected chi connectivity index (χ2v) is 8.55. The van der Waals surface area contributed by atoms with Crippen LogP contribution < -0.4 is 19.9 Å². The van der Waals surface area contributed by atoms with E-state index in [0.29, 0.717) is 24.5 Å². The fourth-order valence-electron chi connectivity index (χ4n) is 4.26. The summed E-state index contributed by atoms with van der Waals surface area (Å²) in [6.45, 7) is 3.49. The van der Waals surface area contributed by atoms with Gasteiger partial charge in [-0.3, -0.25) is 15.0 Å². The second kappa shape index (κ2) is 11.6. The molecule has 1 aliphatic rings. The Bertz CT molecular complexity index is 1140. The molecule has 0 saturated carbocycles. The maximum atomic E-state index is 11.9. The molecule has 35 heavy (non-hydrogen) atoms. The van der Waals surface area contributed by atoms with Crippen molar-refractivity contribution in [3.63, 3.8) is 0 Å². The third-order valence-electron chi connectivity index (χ3n) is 6.15. The van der Waals surface area contributed by atoms with E-state index in [2.05, 4.69) is 4.90 Å². The number of nitrogen functional groups attached to an aromatic ring is 1. The maximum absolute atomic E-state index is 11.9. The number of hydrogen-bond donors (Lipinski definition) is 1. The zero-order valence-corrected chi connectivity index (χ0v) is 19.9. The quantitative estimate of drug-likeness (QED) is 0.240. The number of para-hydroxylation sites is 1. The van der Waals surface area contributed by atoms with Crippen molar-refractivity contribution in [2.45, 2.75) is 25.9 Å². The summed E-state index contributed by atoms with van der Waals surface area (Å²) in [7, 11) is 1.62. The Morgan fingerprint density at radius 1 is 1.00 bits per heavy atom. The molecule has 3 aromatic carbocycles. The van der Waals surface area contributed by atoms with E-state index in [1.807, 2.05) is 48.5 Å². The molecule has 1 fully saturated rings. The summed E-state index contributed by atoms with van der Waals surface area (Å²) in [6.07, 6.45) is 3.61. The number of likely N-dealkylation sites (tertiary alicyclic amines) is 1. The van der Waals surface area contributed by atoms with Crippen LogP contribution in [-0.4, -0.2) is 43.2 Å². The molecule has 184 valence electrons. The molecular weight excluding hydrogens is 446 g/mol. The van der Waals surface area contributed by atoms with Crippen LogP contribution in [0, 0.1) is 10.1 Å². The van der Waals surface area contributed by atoms with E-state index in [0.717, 1.165) is 36.5 Å². The summed E-state index contributed by atoms with van der Waals surface area (Å²) < 4.78 is 17.1. The molecule has 4 rings (SSSR count). The maximum Gasteiger partial charge on any atom is 0.313 e. The minimum absolute atomic E-state index is 0.118. The van der Waals surface area contributed by atoms with E-state index in [1.165, 1.54) is 25.3 Å². The van der Waals surface area contributed by atoms with Gasteiger partial charge in [-0.15, -0.1) is 0 Å². The fourth-order valence-corrected chi connectivity index (χ4v) is 4.26. The van der Waals surface area contributed by atoms with Crippen LogP contribution in [0.1, 0.15) is 24.8 Å². The first-order valence-corrected chi connectivity index (χ1v) is 11.8. The Morgan fingerprint density at radius 2 is 1.74 bits per heavy atom. The summed E-state index contributed by atoms with van der Waals surface area (Å²) in [5.74, 6) is 1.50. The number of nitrogens with zero attached hydrogens (tertiary/aromatic N) is 2. The molecule has 2 N–H and O–H groups in total. The highest BCUT2D eigenvalue weighted by Gasteiger charge is 2.22. The van der Waals surface area contributed by atoms with Crippen LogP contribution in [0.2, 0.25) is 0 Å². The summed E-state index contributed by atoms with van der Waals surface area (Å²) in [4.78, 5) is 13.8. The lowest BCUT2D eigenvalue weighted by Gasteiger charge is -2.26. The Balaban J connectivity index is 1.52. The van der Waals surface area contributed by atoms with E-state index >= 15 is 0 Å². The first-order valence-electron chi connectivity index (χ1n) is 11.8. The van der Waals surface area contributed by atoms with Gasteiger partial charge in [-0.2, -0.15) is 0 Å². The van der Waals surface area contributed by atoms with Gasteiger partial charge in [-0.1, -0.05) is 36.8 Å². The molecule has 8 nitrogen and oxygen atoms in total. The number of nitro benzene ring substituents is 1. The lowest BCUT2D eigenvalue weighted by molar-refractivity contribution is -0.385. The molecule has 1 aliphatic heterocycles. The highest BCUT2D eigenvalue weighted by atomic mass is 16.6. The van der Waals surface area contributed by atoms with Crippen LogP contribution in [0.25, 0.3) is 11.1 Å². The number of ether oxygens (including phenoxy) is 3. The molecule has 0 amide bonds. The minimum atomic E-state index is -0.448. The standard InChI is InChI=1S/C27H31N3O5/c1-33-22-11-9-20(10-12-22)19-35-26-8-4-3-7-23(26)21-17-24(28)27(25(18-21)30(31)32)34-16-15-29-13-5-2-6-14-29/h3-4,7-12,17-18H,2,5-6,13-16,19,28H2,1H3. The molecule has 3 aromatic rings. The van der Waals surface area contributed by atoms with Gasteiger partial charge < -0.3 is 19.9 Å². The van der Waals surface area contributed by atoms with Crippen molar-refractivity contribution < 1.29 is 19.1 Å². The van der Waals surface area contributed by atoms with Crippen LogP contribution >= 0.6 is 0 Å². The van der Waals surface area contributed by atoms with Gasteiger partial charge in [-0.25, -0.2) is 0 Å². The summed E-state index contributed by atoms with van der Waals surface area (Å²) in [5, 5.41) is 11.9. The van der Waals surface area contributed by atoms with Crippen LogP contribution in [0.4, 0.5) is 11.4 Å². The molecule has 0 aromatic heterocycles. The Hall–Kier alpha value is -3.78. The first-order chi connectivity index (χ1) is 17.0. The van der Waals surface area contributed by atoms with Crippen molar-refractivity contribution in [3.8, 4) is 28.4 Å². The highest BCUT2D eigenvalue weighted by Crippen LogP contribution is 2.40. The van der Waals surface area contributed by atoms with Crippen LogP contribution in [0.5, 0.6) is 17.2 Å². The summed E-state index contributed by atoms with van der Waals surface area (Å²) >= 11 is 0. The lowest BCUT2D eigenvalue weighted by atomic mass is 10.0. The minimum Gasteiger partial charge on any atom is -0.497 e. The molecule has 0 aliphatic carbocycles. The Kier molecular flexibility index (Phi) is 8.05. The van der Waals surface area contributed by atoms with Crippen molar-refractivity contribution in [2.75, 3.05) is 39.1 Å². The molecule has 8 heteroatoms. The third-order valence-corrected chi connectivity index (χ3v) is 6.15. The molecular formula is C27H31N3O5. The van der Waals surface area contributed by atoms with Crippen molar-refractivity contribution in [1.29, 1.82) is 0 Å². The molecule has 0 spiro atoms. The lowest BCUT2D eigenvalue weighted by Crippen LogP contribution is -2.33. The van der Waals surface area contributed by atoms with Crippen LogP contribution in [0.15, 0.2) is 60.7 Å². The smallest absolute Gasteiger partial charge is 0.313 e. The number of hydrogen-bond acceptors (Lipinski definition) is 7. The van der Waals surface area contributed by atoms with Gasteiger partial charge in [0.05, 0.1) is 17.7 Å². The summed E-state index contributed by atoms with van der Waals surface area (Å²) in [6, 6.07) is 18.2. The third kappa shape index (κ3) is 6.22. The molecule has 1 heterocycles. The number of nitrogens with two attached hydrogens (primary N) is 1. The van der Waals surface area contributed by atoms with Crippen LogP contribution in [-0.2, 0) is 6.61 Å². The predicted molar refractivity (Wildman–Crippen MR) is 136 cm³/mol. The largest absolute Gasteiger partial charge is 0.497 e. The van der Waals surface area contributed by atoms with Crippen molar-refractivity contribution in [3.05, 3.63) is 76.3 Å². The second-order valence-electron chi connectivity index (χ2n) is 8.55. The molecule has 0 radical (unpaired) electrons. The zero-order chi connectivity index (χ0) is 24.6. The Morgan fingerprint density at radius 3 is 2.46 bits per heavy atom. The number of benzene rings is 3. The van der Waals surface area contributed by atoms with E-state index in [-0.39, 0.29) is 17.1 Å². The normalized spacial score (nSPS) is 13.9. The van der Waals surface area contributed by atoms with E-state index in [4.69, 9.17) is 19.9 Å². The van der Waals surface area contributed by atoms with E-state index in [9.17, 15) is 10.1 Å². The number of methoxy groups -OCH3 is 1. The number of piperidine rings is 1. The van der Waals surface area contributed by atoms with Gasteiger partial charge in [0, 0.05) is 18.2 Å². The summed E-state index contributed by atoms with van der Waals surface area (Å²) in [5.41, 5.74) is 8.64. The fraction of sp³-hybridized carbons (Fsp3) is 0.333. The SMILES string of the molecule is COc1ccc(COc2ccccc2-c2cc(N)c(OCCN3CCCCC3)c([N+](=O)[O-])c2)cc1.